The third-order valence-electron chi connectivity index (χ3n) is 2.65. The van der Waals surface area contributed by atoms with Crippen LogP contribution in [-0.4, -0.2) is 18.4 Å². The molecule has 2 aromatic rings. The van der Waals surface area contributed by atoms with E-state index in [1.165, 1.54) is 12.3 Å². The number of hydrogen-bond acceptors (Lipinski definition) is 5. The maximum Gasteiger partial charge on any atom is 0.387 e. The Morgan fingerprint density at radius 3 is 2.76 bits per heavy atom. The van der Waals surface area contributed by atoms with Crippen molar-refractivity contribution in [1.29, 1.82) is 0 Å². The summed E-state index contributed by atoms with van der Waals surface area (Å²) in [6.45, 7) is 0.370. The van der Waals surface area contributed by atoms with Gasteiger partial charge in [0.2, 0.25) is 0 Å². The Morgan fingerprint density at radius 1 is 1.24 bits per heavy atom. The predicted octanol–water partition coefficient (Wildman–Crippen LogP) is 2.96. The van der Waals surface area contributed by atoms with Gasteiger partial charge in [-0.1, -0.05) is 11.2 Å². The molecule has 0 amide bonds. The van der Waals surface area contributed by atoms with Gasteiger partial charge in [0.1, 0.15) is 6.26 Å². The summed E-state index contributed by atoms with van der Waals surface area (Å²) in [5.74, 6) is 0.339. The Morgan fingerprint density at radius 2 is 2.10 bits per heavy atom. The van der Waals surface area contributed by atoms with Gasteiger partial charge in [0.25, 0.3) is 0 Å². The third-order valence-corrected chi connectivity index (χ3v) is 2.65. The number of nitrogens with zero attached hydrogens (tertiary/aromatic N) is 1. The first kappa shape index (κ1) is 15.2. The molecule has 0 saturated carbocycles. The molecule has 1 heterocycles. The fourth-order valence-corrected chi connectivity index (χ4v) is 1.79. The molecular weight excluding hydrogens is 282 g/mol. The van der Waals surface area contributed by atoms with Gasteiger partial charge in [-0.3, -0.25) is 0 Å². The summed E-state index contributed by atoms with van der Waals surface area (Å²) in [4.78, 5) is 0. The van der Waals surface area contributed by atoms with Crippen molar-refractivity contribution < 1.29 is 22.8 Å². The number of halogens is 2. The monoisotopic (exact) mass is 298 g/mol. The van der Waals surface area contributed by atoms with Crippen molar-refractivity contribution in [3.05, 3.63) is 41.8 Å². The Kier molecular flexibility index (Phi) is 5.51. The van der Waals surface area contributed by atoms with E-state index in [0.717, 1.165) is 11.3 Å². The molecule has 2 rings (SSSR count). The van der Waals surface area contributed by atoms with Crippen LogP contribution in [0.2, 0.25) is 0 Å². The number of rotatable bonds is 8. The van der Waals surface area contributed by atoms with E-state index in [2.05, 4.69) is 15.2 Å². The second kappa shape index (κ2) is 7.58. The van der Waals surface area contributed by atoms with Gasteiger partial charge < -0.3 is 19.3 Å². The zero-order valence-electron chi connectivity index (χ0n) is 11.5. The van der Waals surface area contributed by atoms with Crippen molar-refractivity contribution >= 4 is 0 Å². The lowest BCUT2D eigenvalue weighted by molar-refractivity contribution is -0.0514. The minimum Gasteiger partial charge on any atom is -0.490 e. The molecule has 0 fully saturated rings. The van der Waals surface area contributed by atoms with Crippen LogP contribution in [0.1, 0.15) is 18.2 Å². The number of benzene rings is 1. The van der Waals surface area contributed by atoms with E-state index >= 15 is 0 Å². The maximum absolute atomic E-state index is 12.3. The molecule has 0 unspecified atom stereocenters. The molecule has 0 aliphatic rings. The molecule has 21 heavy (non-hydrogen) atoms. The highest BCUT2D eigenvalue weighted by Crippen LogP contribution is 2.29. The Hall–Kier alpha value is -2.15. The van der Waals surface area contributed by atoms with Crippen molar-refractivity contribution in [1.82, 2.24) is 10.5 Å². The molecule has 0 saturated heterocycles. The van der Waals surface area contributed by atoms with Gasteiger partial charge in [0, 0.05) is 19.2 Å². The lowest BCUT2D eigenvalue weighted by Gasteiger charge is -2.13. The fourth-order valence-electron chi connectivity index (χ4n) is 1.79. The summed E-state index contributed by atoms with van der Waals surface area (Å²) < 4.78 is 39.0. The summed E-state index contributed by atoms with van der Waals surface area (Å²) in [7, 11) is 0. The van der Waals surface area contributed by atoms with Crippen molar-refractivity contribution in [3.63, 3.8) is 0 Å². The van der Waals surface area contributed by atoms with Crippen molar-refractivity contribution in [2.45, 2.75) is 26.6 Å². The van der Waals surface area contributed by atoms with E-state index < -0.39 is 6.61 Å². The number of hydrogen-bond donors (Lipinski definition) is 1. The van der Waals surface area contributed by atoms with Crippen LogP contribution in [0.5, 0.6) is 11.5 Å². The topological polar surface area (TPSA) is 56.5 Å². The average molecular weight is 298 g/mol. The Labute approximate surface area is 120 Å². The molecule has 0 aliphatic carbocycles. The van der Waals surface area contributed by atoms with E-state index in [1.54, 1.807) is 25.1 Å². The zero-order valence-corrected chi connectivity index (χ0v) is 11.5. The molecule has 1 aromatic heterocycles. The SMILES string of the molecule is CCOc1cc(CNCc2ccon2)ccc1OC(F)F. The highest BCUT2D eigenvalue weighted by atomic mass is 19.3. The molecule has 114 valence electrons. The zero-order chi connectivity index (χ0) is 15.1. The largest absolute Gasteiger partial charge is 0.490 e. The van der Waals surface area contributed by atoms with Crippen LogP contribution < -0.4 is 14.8 Å². The standard InChI is InChI=1S/C14H16F2N2O3/c1-2-19-13-7-10(3-4-12(13)21-14(15)16)8-17-9-11-5-6-20-18-11/h3-7,14,17H,2,8-9H2,1H3. The minimum atomic E-state index is -2.87. The molecule has 7 heteroatoms. The molecule has 0 aliphatic heterocycles. The second-order valence-electron chi connectivity index (χ2n) is 4.19. The van der Waals surface area contributed by atoms with Crippen LogP contribution in [0, 0.1) is 0 Å². The molecule has 1 aromatic carbocycles. The van der Waals surface area contributed by atoms with Crippen LogP contribution in [0.4, 0.5) is 8.78 Å². The van der Waals surface area contributed by atoms with E-state index in [0.29, 0.717) is 25.4 Å². The molecular formula is C14H16F2N2O3. The molecule has 0 radical (unpaired) electrons. The average Bonchev–Trinajstić information content (AvgIpc) is 2.94. The molecule has 0 bridgehead atoms. The fraction of sp³-hybridized carbons (Fsp3) is 0.357. The summed E-state index contributed by atoms with van der Waals surface area (Å²) in [5.41, 5.74) is 1.68. The smallest absolute Gasteiger partial charge is 0.387 e. The summed E-state index contributed by atoms with van der Waals surface area (Å²) in [5, 5.41) is 6.94. The normalized spacial score (nSPS) is 10.9. The van der Waals surface area contributed by atoms with Crippen LogP contribution in [0.25, 0.3) is 0 Å². The first-order valence-corrected chi connectivity index (χ1v) is 6.49. The van der Waals surface area contributed by atoms with Gasteiger partial charge >= 0.3 is 6.61 Å². The van der Waals surface area contributed by atoms with Crippen molar-refractivity contribution in [2.24, 2.45) is 0 Å². The number of nitrogens with one attached hydrogen (secondary N) is 1. The molecule has 0 spiro atoms. The number of aromatic nitrogens is 1. The van der Waals surface area contributed by atoms with Crippen molar-refractivity contribution in [3.8, 4) is 11.5 Å². The second-order valence-corrected chi connectivity index (χ2v) is 4.19. The minimum absolute atomic E-state index is 0.0344. The van der Waals surface area contributed by atoms with Crippen LogP contribution in [0.15, 0.2) is 35.1 Å². The highest BCUT2D eigenvalue weighted by molar-refractivity contribution is 5.43. The van der Waals surface area contributed by atoms with Gasteiger partial charge in [-0.15, -0.1) is 0 Å². The number of alkyl halides is 2. The summed E-state index contributed by atoms with van der Waals surface area (Å²) >= 11 is 0. The maximum atomic E-state index is 12.3. The first-order chi connectivity index (χ1) is 10.2. The molecule has 1 N–H and O–H groups in total. The van der Waals surface area contributed by atoms with Gasteiger partial charge in [-0.05, 0) is 24.6 Å². The van der Waals surface area contributed by atoms with Gasteiger partial charge in [0.05, 0.1) is 12.3 Å². The van der Waals surface area contributed by atoms with E-state index in [-0.39, 0.29) is 5.75 Å². The predicted molar refractivity (Wildman–Crippen MR) is 71.3 cm³/mol. The van der Waals surface area contributed by atoms with E-state index in [1.807, 2.05) is 0 Å². The number of ether oxygens (including phenoxy) is 2. The third kappa shape index (κ3) is 4.71. The lowest BCUT2D eigenvalue weighted by Crippen LogP contribution is -2.13. The Bertz CT molecular complexity index is 547. The van der Waals surface area contributed by atoms with Crippen LogP contribution in [-0.2, 0) is 13.1 Å². The lowest BCUT2D eigenvalue weighted by atomic mass is 10.2. The summed E-state index contributed by atoms with van der Waals surface area (Å²) in [6.07, 6.45) is 1.50. The first-order valence-electron chi connectivity index (χ1n) is 6.49. The highest BCUT2D eigenvalue weighted by Gasteiger charge is 2.11. The van der Waals surface area contributed by atoms with Crippen LogP contribution >= 0.6 is 0 Å². The Balaban J connectivity index is 1.97. The molecule has 0 atom stereocenters. The van der Waals surface area contributed by atoms with Crippen molar-refractivity contribution in [2.75, 3.05) is 6.61 Å². The van der Waals surface area contributed by atoms with Crippen LogP contribution in [0.3, 0.4) is 0 Å². The molecule has 5 nitrogen and oxygen atoms in total. The summed E-state index contributed by atoms with van der Waals surface area (Å²) in [6, 6.07) is 6.62. The van der Waals surface area contributed by atoms with Gasteiger partial charge in [-0.25, -0.2) is 0 Å². The van der Waals surface area contributed by atoms with Gasteiger partial charge in [0.15, 0.2) is 11.5 Å². The van der Waals surface area contributed by atoms with Gasteiger partial charge in [-0.2, -0.15) is 8.78 Å². The quantitative estimate of drug-likeness (QED) is 0.812. The van der Waals surface area contributed by atoms with E-state index in [9.17, 15) is 8.78 Å². The van der Waals surface area contributed by atoms with E-state index in [4.69, 9.17) is 9.26 Å².